The molecule has 112 valence electrons. The van der Waals surface area contributed by atoms with Gasteiger partial charge in [-0.3, -0.25) is 0 Å². The number of nitrogens with zero attached hydrogens (tertiary/aromatic N) is 1. The Hall–Kier alpha value is -1.76. The van der Waals surface area contributed by atoms with E-state index in [1.807, 2.05) is 6.92 Å². The predicted molar refractivity (Wildman–Crippen MR) is 73.4 cm³/mol. The summed E-state index contributed by atoms with van der Waals surface area (Å²) in [5.74, 6) is -3.36. The first-order valence-electron chi connectivity index (χ1n) is 6.24. The number of pyridine rings is 1. The molecule has 1 N–H and O–H groups in total. The zero-order chi connectivity index (χ0) is 15.4. The number of rotatable bonds is 5. The maximum absolute atomic E-state index is 13.7. The van der Waals surface area contributed by atoms with Gasteiger partial charge in [0, 0.05) is 23.6 Å². The lowest BCUT2D eigenvalue weighted by Gasteiger charge is -2.09. The van der Waals surface area contributed by atoms with E-state index >= 15 is 0 Å². The van der Waals surface area contributed by atoms with Crippen LogP contribution in [0.3, 0.4) is 0 Å². The van der Waals surface area contributed by atoms with Gasteiger partial charge in [-0.15, -0.1) is 0 Å². The van der Waals surface area contributed by atoms with Gasteiger partial charge in [0.15, 0.2) is 17.5 Å². The van der Waals surface area contributed by atoms with Crippen LogP contribution >= 0.6 is 11.8 Å². The van der Waals surface area contributed by atoms with Crippen molar-refractivity contribution in [1.29, 1.82) is 0 Å². The molecule has 2 rings (SSSR count). The van der Waals surface area contributed by atoms with Crippen LogP contribution in [0.15, 0.2) is 34.2 Å². The Balaban J connectivity index is 2.30. The van der Waals surface area contributed by atoms with E-state index in [1.165, 1.54) is 6.07 Å². The molecule has 7 heteroatoms. The summed E-state index contributed by atoms with van der Waals surface area (Å²) in [6.45, 7) is 2.36. The van der Waals surface area contributed by atoms with Crippen LogP contribution in [-0.4, -0.2) is 11.5 Å². The Morgan fingerprint density at radius 1 is 1.05 bits per heavy atom. The van der Waals surface area contributed by atoms with Crippen molar-refractivity contribution in [2.45, 2.75) is 23.3 Å². The highest BCUT2D eigenvalue weighted by atomic mass is 32.2. The van der Waals surface area contributed by atoms with Crippen LogP contribution in [-0.2, 0) is 0 Å². The van der Waals surface area contributed by atoms with E-state index < -0.39 is 23.3 Å². The van der Waals surface area contributed by atoms with Gasteiger partial charge in [-0.2, -0.15) is 0 Å². The van der Waals surface area contributed by atoms with Crippen LogP contribution in [0.1, 0.15) is 13.3 Å². The Morgan fingerprint density at radius 2 is 1.81 bits per heavy atom. The molecule has 0 spiro atoms. The van der Waals surface area contributed by atoms with Crippen LogP contribution < -0.4 is 5.32 Å². The van der Waals surface area contributed by atoms with Crippen LogP contribution in [0, 0.1) is 23.3 Å². The van der Waals surface area contributed by atoms with Crippen LogP contribution in [0.25, 0.3) is 0 Å². The van der Waals surface area contributed by atoms with E-state index in [0.717, 1.165) is 12.5 Å². The molecule has 2 aromatic rings. The minimum Gasteiger partial charge on any atom is -0.368 e. The minimum absolute atomic E-state index is 0.0100. The predicted octanol–water partition coefficient (Wildman–Crippen LogP) is 4.61. The van der Waals surface area contributed by atoms with Gasteiger partial charge in [0.05, 0.1) is 0 Å². The number of anilines is 1. The second kappa shape index (κ2) is 6.80. The van der Waals surface area contributed by atoms with Gasteiger partial charge in [0.2, 0.25) is 0 Å². The Morgan fingerprint density at radius 3 is 2.48 bits per heavy atom. The number of aromatic nitrogens is 1. The van der Waals surface area contributed by atoms with E-state index in [1.54, 1.807) is 0 Å². The Kier molecular flexibility index (Phi) is 5.06. The summed E-state index contributed by atoms with van der Waals surface area (Å²) in [7, 11) is 0. The SMILES string of the molecule is CCCNc1nc(Sc2ccc(F)cc2F)c(F)cc1F. The Labute approximate surface area is 123 Å². The average Bonchev–Trinajstić information content (AvgIpc) is 2.43. The highest BCUT2D eigenvalue weighted by Crippen LogP contribution is 2.32. The van der Waals surface area contributed by atoms with Gasteiger partial charge in [0.1, 0.15) is 16.7 Å². The number of hydrogen-bond donors (Lipinski definition) is 1. The normalized spacial score (nSPS) is 10.7. The zero-order valence-electron chi connectivity index (χ0n) is 11.1. The molecule has 0 amide bonds. The van der Waals surface area contributed by atoms with Gasteiger partial charge in [-0.25, -0.2) is 22.5 Å². The van der Waals surface area contributed by atoms with E-state index in [0.29, 0.717) is 30.4 Å². The molecule has 0 atom stereocenters. The average molecular weight is 316 g/mol. The molecule has 0 saturated carbocycles. The summed E-state index contributed by atoms with van der Waals surface area (Å²) in [6.07, 6.45) is 0.744. The van der Waals surface area contributed by atoms with Gasteiger partial charge in [-0.05, 0) is 18.6 Å². The summed E-state index contributed by atoms with van der Waals surface area (Å²) in [5, 5.41) is 2.54. The first kappa shape index (κ1) is 15.6. The second-order valence-electron chi connectivity index (χ2n) is 4.21. The van der Waals surface area contributed by atoms with Crippen LogP contribution in [0.4, 0.5) is 23.4 Å². The standard InChI is InChI=1S/C14H12F4N2S/c1-2-5-19-13-10(17)7-11(18)14(20-13)21-12-4-3-8(15)6-9(12)16/h3-4,6-7H,2,5H2,1H3,(H,19,20). The van der Waals surface area contributed by atoms with Crippen molar-refractivity contribution in [2.24, 2.45) is 0 Å². The van der Waals surface area contributed by atoms with Gasteiger partial charge < -0.3 is 5.32 Å². The van der Waals surface area contributed by atoms with Crippen molar-refractivity contribution in [3.63, 3.8) is 0 Å². The van der Waals surface area contributed by atoms with E-state index in [9.17, 15) is 17.6 Å². The maximum atomic E-state index is 13.7. The summed E-state index contributed by atoms with van der Waals surface area (Å²) in [6, 6.07) is 3.62. The molecule has 1 aromatic heterocycles. The second-order valence-corrected chi connectivity index (χ2v) is 5.24. The maximum Gasteiger partial charge on any atom is 0.168 e. The number of halogens is 4. The third-order valence-electron chi connectivity index (χ3n) is 2.54. The minimum atomic E-state index is -0.900. The molecule has 0 aliphatic rings. The first-order valence-corrected chi connectivity index (χ1v) is 7.05. The number of hydrogen-bond acceptors (Lipinski definition) is 3. The lowest BCUT2D eigenvalue weighted by Crippen LogP contribution is -2.06. The molecule has 0 radical (unpaired) electrons. The lowest BCUT2D eigenvalue weighted by molar-refractivity contribution is 0.549. The lowest BCUT2D eigenvalue weighted by atomic mass is 10.3. The van der Waals surface area contributed by atoms with Crippen molar-refractivity contribution in [1.82, 2.24) is 4.98 Å². The molecular formula is C14H12F4N2S. The molecule has 0 aliphatic carbocycles. The third kappa shape index (κ3) is 3.87. The molecule has 2 nitrogen and oxygen atoms in total. The monoisotopic (exact) mass is 316 g/mol. The highest BCUT2D eigenvalue weighted by molar-refractivity contribution is 7.99. The smallest absolute Gasteiger partial charge is 0.168 e. The Bertz CT molecular complexity index is 649. The summed E-state index contributed by atoms with van der Waals surface area (Å²) >= 11 is 0.671. The number of nitrogens with one attached hydrogen (secondary N) is 1. The van der Waals surface area contributed by atoms with Crippen LogP contribution in [0.2, 0.25) is 0 Å². The van der Waals surface area contributed by atoms with E-state index in [2.05, 4.69) is 10.3 Å². The largest absolute Gasteiger partial charge is 0.368 e. The quantitative estimate of drug-likeness (QED) is 0.815. The molecule has 1 heterocycles. The molecular weight excluding hydrogens is 304 g/mol. The zero-order valence-corrected chi connectivity index (χ0v) is 11.9. The summed E-state index contributed by atoms with van der Waals surface area (Å²) in [5.41, 5.74) is 0. The van der Waals surface area contributed by atoms with E-state index in [4.69, 9.17) is 0 Å². The van der Waals surface area contributed by atoms with Gasteiger partial charge >= 0.3 is 0 Å². The van der Waals surface area contributed by atoms with Gasteiger partial charge in [-0.1, -0.05) is 18.7 Å². The molecule has 0 fully saturated rings. The topological polar surface area (TPSA) is 24.9 Å². The fourth-order valence-electron chi connectivity index (χ4n) is 1.55. The summed E-state index contributed by atoms with van der Waals surface area (Å²) < 4.78 is 53.6. The molecule has 0 bridgehead atoms. The molecule has 1 aromatic carbocycles. The van der Waals surface area contributed by atoms with Crippen LogP contribution in [0.5, 0.6) is 0 Å². The third-order valence-corrected chi connectivity index (χ3v) is 3.57. The fourth-order valence-corrected chi connectivity index (χ4v) is 2.34. The summed E-state index contributed by atoms with van der Waals surface area (Å²) in [4.78, 5) is 3.82. The van der Waals surface area contributed by atoms with Crippen molar-refractivity contribution in [3.8, 4) is 0 Å². The van der Waals surface area contributed by atoms with Crippen molar-refractivity contribution < 1.29 is 17.6 Å². The van der Waals surface area contributed by atoms with Crippen molar-refractivity contribution in [3.05, 3.63) is 47.5 Å². The molecule has 0 saturated heterocycles. The van der Waals surface area contributed by atoms with Gasteiger partial charge in [0.25, 0.3) is 0 Å². The van der Waals surface area contributed by atoms with Crippen molar-refractivity contribution in [2.75, 3.05) is 11.9 Å². The van der Waals surface area contributed by atoms with Crippen molar-refractivity contribution >= 4 is 17.6 Å². The molecule has 21 heavy (non-hydrogen) atoms. The molecule has 0 unspecified atom stereocenters. The fraction of sp³-hybridized carbons (Fsp3) is 0.214. The number of benzene rings is 1. The first-order chi connectivity index (χ1) is 10.0. The van der Waals surface area contributed by atoms with E-state index in [-0.39, 0.29) is 15.7 Å². The highest BCUT2D eigenvalue weighted by Gasteiger charge is 2.15. The molecule has 0 aliphatic heterocycles.